The molecule has 0 bridgehead atoms. The first-order chi connectivity index (χ1) is 12.0. The summed E-state index contributed by atoms with van der Waals surface area (Å²) in [5, 5.41) is 1.17. The number of fused-ring (bicyclic) bond motifs is 2. The van der Waals surface area contributed by atoms with E-state index in [0.717, 1.165) is 23.1 Å². The van der Waals surface area contributed by atoms with Gasteiger partial charge in [-0.3, -0.25) is 0 Å². The van der Waals surface area contributed by atoms with Gasteiger partial charge in [0, 0.05) is 0 Å². The number of halogens is 3. The fourth-order valence-electron chi connectivity index (χ4n) is 5.44. The van der Waals surface area contributed by atoms with Crippen molar-refractivity contribution in [2.75, 3.05) is 0 Å². The van der Waals surface area contributed by atoms with Crippen LogP contribution in [0.4, 0.5) is 13.2 Å². The van der Waals surface area contributed by atoms with Gasteiger partial charge in [-0.25, -0.2) is 0 Å². The lowest BCUT2D eigenvalue weighted by Gasteiger charge is -2.46. The molecular formula is C22H32F3NSi-. The second kappa shape index (κ2) is 5.96. The highest BCUT2D eigenvalue weighted by atomic mass is 28.3. The predicted molar refractivity (Wildman–Crippen MR) is 109 cm³/mol. The summed E-state index contributed by atoms with van der Waals surface area (Å²) in [6.07, 6.45) is -2.64. The highest BCUT2D eigenvalue weighted by Crippen LogP contribution is 2.50. The monoisotopic (exact) mass is 395 g/mol. The lowest BCUT2D eigenvalue weighted by Crippen LogP contribution is -2.55. The molecule has 0 saturated carbocycles. The Balaban J connectivity index is 2.22. The number of hydrogen-bond donors (Lipinski definition) is 1. The molecule has 27 heavy (non-hydrogen) atoms. The highest BCUT2D eigenvalue weighted by molar-refractivity contribution is 6.93. The maximum Gasteiger partial charge on any atom is 0.416 e. The van der Waals surface area contributed by atoms with Crippen LogP contribution < -0.4 is 4.98 Å². The Hall–Kier alpha value is -1.07. The minimum atomic E-state index is -4.30. The van der Waals surface area contributed by atoms with E-state index in [1.165, 1.54) is 5.20 Å². The Morgan fingerprint density at radius 2 is 1.63 bits per heavy atom. The summed E-state index contributed by atoms with van der Waals surface area (Å²) in [6.45, 7) is 17.0. The minimum Gasteiger partial charge on any atom is -0.457 e. The van der Waals surface area contributed by atoms with Gasteiger partial charge in [-0.15, -0.1) is 0 Å². The van der Waals surface area contributed by atoms with E-state index in [1.807, 2.05) is 6.92 Å². The van der Waals surface area contributed by atoms with Gasteiger partial charge in [0.1, 0.15) is 0 Å². The predicted octanol–water partition coefficient (Wildman–Crippen LogP) is 6.29. The van der Waals surface area contributed by atoms with Crippen LogP contribution in [-0.2, 0) is 25.4 Å². The smallest absolute Gasteiger partial charge is 0.416 e. The molecule has 5 heteroatoms. The quantitative estimate of drug-likeness (QED) is 0.580. The van der Waals surface area contributed by atoms with Crippen LogP contribution in [0.2, 0.25) is 13.1 Å². The number of hydrogen-bond acceptors (Lipinski definition) is 1. The van der Waals surface area contributed by atoms with E-state index in [-0.39, 0.29) is 16.5 Å². The Labute approximate surface area is 162 Å². The Morgan fingerprint density at radius 1 is 1.04 bits per heavy atom. The van der Waals surface area contributed by atoms with Crippen LogP contribution in [0.25, 0.3) is 5.20 Å². The first-order valence-electron chi connectivity index (χ1n) is 9.77. The molecule has 0 aliphatic heterocycles. The lowest BCUT2D eigenvalue weighted by molar-refractivity contribution is -0.138. The van der Waals surface area contributed by atoms with E-state index < -0.39 is 14.4 Å². The molecule has 2 aliphatic carbocycles. The fourth-order valence-corrected chi connectivity index (χ4v) is 9.50. The number of rotatable bonds is 2. The topological polar surface area (TPSA) is 12.0 Å². The molecule has 1 nitrogen and oxygen atoms in total. The van der Waals surface area contributed by atoms with E-state index in [0.29, 0.717) is 24.0 Å². The second-order valence-corrected chi connectivity index (χ2v) is 14.8. The molecule has 0 radical (unpaired) electrons. The molecule has 0 spiro atoms. The number of alkyl halides is 3. The molecule has 0 atom stereocenters. The second-order valence-electron chi connectivity index (χ2n) is 10.8. The van der Waals surface area contributed by atoms with Crippen LogP contribution in [0.5, 0.6) is 0 Å². The van der Waals surface area contributed by atoms with E-state index in [9.17, 15) is 13.2 Å². The Bertz CT molecular complexity index is 823. The standard InChI is InChI=1S/C22H32F3NSi/c1-13-9-15-16(19(13)27(7,8)26-20(2,3)4)10-14-11-21(5,6)12-17(14)18(15)22(23,24)25/h10,26H,9,11-12H2,1-8H3/q-1. The maximum absolute atomic E-state index is 14.1. The van der Waals surface area contributed by atoms with Gasteiger partial charge >= 0.3 is 6.18 Å². The first-order valence-corrected chi connectivity index (χ1v) is 12.8. The summed E-state index contributed by atoms with van der Waals surface area (Å²) in [7, 11) is -2.11. The van der Waals surface area contributed by atoms with Gasteiger partial charge in [0.05, 0.1) is 5.56 Å². The van der Waals surface area contributed by atoms with Crippen LogP contribution in [0.3, 0.4) is 0 Å². The van der Waals surface area contributed by atoms with Crippen LogP contribution in [0.1, 0.15) is 69.4 Å². The van der Waals surface area contributed by atoms with Crippen molar-refractivity contribution in [3.63, 3.8) is 0 Å². The molecule has 1 aromatic rings. The van der Waals surface area contributed by atoms with Crippen molar-refractivity contribution >= 4 is 13.4 Å². The average Bonchev–Trinajstić information content (AvgIpc) is 2.84. The number of allylic oxidation sites excluding steroid dienone is 1. The van der Waals surface area contributed by atoms with Crippen molar-refractivity contribution < 1.29 is 13.2 Å². The summed E-state index contributed by atoms with van der Waals surface area (Å²) in [6, 6.07) is 2.10. The van der Waals surface area contributed by atoms with Gasteiger partial charge in [-0.1, -0.05) is 51.8 Å². The zero-order valence-corrected chi connectivity index (χ0v) is 18.8. The Morgan fingerprint density at radius 3 is 2.15 bits per heavy atom. The van der Waals surface area contributed by atoms with Crippen LogP contribution in [0, 0.1) is 5.41 Å². The SMILES string of the molecule is CC1=C([Si-](C)(C)NC(C)(C)C)c2cc3c(c(C(F)(F)F)c2C1)CC(C)(C)C3. The number of benzene rings is 1. The fraction of sp³-hybridized carbons (Fsp3) is 0.636. The van der Waals surface area contributed by atoms with Crippen molar-refractivity contribution in [3.8, 4) is 0 Å². The summed E-state index contributed by atoms with van der Waals surface area (Å²) in [5.41, 5.74) is 3.42. The highest BCUT2D eigenvalue weighted by Gasteiger charge is 2.44. The molecule has 3 rings (SSSR count). The molecule has 0 unspecified atom stereocenters. The third-order valence-corrected chi connectivity index (χ3v) is 9.01. The summed E-state index contributed by atoms with van der Waals surface area (Å²) in [4.78, 5) is 3.75. The van der Waals surface area contributed by atoms with Gasteiger partial charge in [0.15, 0.2) is 0 Å². The van der Waals surface area contributed by atoms with Gasteiger partial charge in [0.2, 0.25) is 0 Å². The third kappa shape index (κ3) is 3.77. The van der Waals surface area contributed by atoms with Crippen LogP contribution >= 0.6 is 0 Å². The summed E-state index contributed by atoms with van der Waals surface area (Å²) < 4.78 is 42.4. The van der Waals surface area contributed by atoms with Crippen molar-refractivity contribution in [1.29, 1.82) is 0 Å². The Kier molecular flexibility index (Phi) is 4.56. The maximum atomic E-state index is 14.1. The van der Waals surface area contributed by atoms with Gasteiger partial charge in [-0.05, 0) is 62.1 Å². The summed E-state index contributed by atoms with van der Waals surface area (Å²) >= 11 is 0. The van der Waals surface area contributed by atoms with Gasteiger partial charge in [-0.2, -0.15) is 31.5 Å². The van der Waals surface area contributed by atoms with Crippen molar-refractivity contribution in [2.24, 2.45) is 5.41 Å². The zero-order chi connectivity index (χ0) is 20.6. The minimum absolute atomic E-state index is 0.0721. The number of nitrogens with one attached hydrogen (secondary N) is 1. The van der Waals surface area contributed by atoms with Gasteiger partial charge < -0.3 is 4.98 Å². The molecule has 151 valence electrons. The first kappa shape index (κ1) is 20.7. The third-order valence-electron chi connectivity index (χ3n) is 5.69. The van der Waals surface area contributed by atoms with E-state index >= 15 is 0 Å². The molecule has 0 saturated heterocycles. The lowest BCUT2D eigenvalue weighted by atomic mass is 9.89. The van der Waals surface area contributed by atoms with E-state index in [4.69, 9.17) is 0 Å². The molecule has 1 N–H and O–H groups in total. The van der Waals surface area contributed by atoms with E-state index in [2.05, 4.69) is 58.8 Å². The molecule has 0 aromatic heterocycles. The largest absolute Gasteiger partial charge is 0.457 e. The summed E-state index contributed by atoms with van der Waals surface area (Å²) in [5.74, 6) is 0. The van der Waals surface area contributed by atoms with Crippen molar-refractivity contribution in [3.05, 3.63) is 39.5 Å². The zero-order valence-electron chi connectivity index (χ0n) is 17.8. The van der Waals surface area contributed by atoms with Crippen LogP contribution in [0.15, 0.2) is 11.6 Å². The molecule has 0 heterocycles. The molecule has 1 aromatic carbocycles. The molecule has 0 fully saturated rings. The molecular weight excluding hydrogens is 363 g/mol. The molecule has 0 amide bonds. The normalized spacial score (nSPS) is 19.5. The average molecular weight is 396 g/mol. The van der Waals surface area contributed by atoms with E-state index in [1.54, 1.807) is 0 Å². The molecule has 2 aliphatic rings. The van der Waals surface area contributed by atoms with Gasteiger partial charge in [0.25, 0.3) is 0 Å². The van der Waals surface area contributed by atoms with Crippen LogP contribution in [-0.4, -0.2) is 13.8 Å². The van der Waals surface area contributed by atoms with Crippen molar-refractivity contribution in [1.82, 2.24) is 4.98 Å². The van der Waals surface area contributed by atoms with Crippen molar-refractivity contribution in [2.45, 2.75) is 85.6 Å².